The van der Waals surface area contributed by atoms with Gasteiger partial charge >= 0.3 is 0 Å². The third-order valence-electron chi connectivity index (χ3n) is 3.02. The second-order valence-electron chi connectivity index (χ2n) is 6.24. The quantitative estimate of drug-likeness (QED) is 0.195. The number of hydrogen-bond donors (Lipinski definition) is 0. The molecule has 0 fully saturated rings. The largest absolute Gasteiger partial charge is 0.618 e. The fraction of sp³-hybridized carbons (Fsp3) is 0.158. The molecule has 0 heterocycles. The van der Waals surface area contributed by atoms with Crippen molar-refractivity contribution in [2.45, 2.75) is 19.6 Å². The van der Waals surface area contributed by atoms with Crippen LogP contribution in [-0.2, 0) is 0 Å². The maximum Gasteiger partial charge on any atom is 0.216 e. The van der Waals surface area contributed by atoms with Gasteiger partial charge in [0, 0.05) is 17.7 Å². The molecule has 2 aromatic carbocycles. The predicted octanol–water partition coefficient (Wildman–Crippen LogP) is 4.99. The van der Waals surface area contributed by atoms with Crippen molar-refractivity contribution in [3.05, 3.63) is 82.4 Å². The van der Waals surface area contributed by atoms with E-state index < -0.39 is 8.07 Å². The molecule has 0 saturated heterocycles. The van der Waals surface area contributed by atoms with Gasteiger partial charge < -0.3 is 5.21 Å². The van der Waals surface area contributed by atoms with Crippen LogP contribution in [0.2, 0.25) is 19.6 Å². The highest BCUT2D eigenvalue weighted by atomic mass is 28.3. The number of rotatable bonds is 4. The molecule has 2 nitrogen and oxygen atoms in total. The van der Waals surface area contributed by atoms with E-state index in [0.717, 1.165) is 15.9 Å². The van der Waals surface area contributed by atoms with E-state index in [4.69, 9.17) is 0 Å². The summed E-state index contributed by atoms with van der Waals surface area (Å²) in [5.74, 6) is 0. The minimum atomic E-state index is -1.26. The van der Waals surface area contributed by atoms with E-state index in [0.29, 0.717) is 5.69 Å². The van der Waals surface area contributed by atoms with E-state index in [2.05, 4.69) is 31.1 Å². The van der Waals surface area contributed by atoms with Crippen LogP contribution < -0.4 is 0 Å². The van der Waals surface area contributed by atoms with Crippen molar-refractivity contribution in [2.75, 3.05) is 0 Å². The Bertz CT molecular complexity index is 721. The number of nitrogens with zero attached hydrogens (tertiary/aromatic N) is 1. The first-order valence-electron chi connectivity index (χ1n) is 7.35. The molecule has 0 spiro atoms. The van der Waals surface area contributed by atoms with Gasteiger partial charge in [-0.3, -0.25) is 0 Å². The van der Waals surface area contributed by atoms with Crippen LogP contribution in [0.4, 0.5) is 5.69 Å². The summed E-state index contributed by atoms with van der Waals surface area (Å²) < 4.78 is 0.898. The molecule has 112 valence electrons. The molecule has 0 radical (unpaired) electrons. The Kier molecular flexibility index (Phi) is 5.15. The highest BCUT2D eigenvalue weighted by Gasteiger charge is 2.06. The molecule has 0 atom stereocenters. The Morgan fingerprint density at radius 3 is 2.14 bits per heavy atom. The molecule has 0 aromatic heterocycles. The van der Waals surface area contributed by atoms with Gasteiger partial charge in [0.2, 0.25) is 5.69 Å². The summed E-state index contributed by atoms with van der Waals surface area (Å²) in [4.78, 5) is 0. The second-order valence-corrected chi connectivity index (χ2v) is 11.3. The third-order valence-corrected chi connectivity index (χ3v) is 4.05. The molecule has 2 rings (SSSR count). The van der Waals surface area contributed by atoms with Gasteiger partial charge in [0.25, 0.3) is 0 Å². The number of para-hydroxylation sites is 1. The topological polar surface area (TPSA) is 26.1 Å². The van der Waals surface area contributed by atoms with E-state index in [1.54, 1.807) is 18.3 Å². The van der Waals surface area contributed by atoms with Gasteiger partial charge in [0.1, 0.15) is 0 Å². The van der Waals surface area contributed by atoms with Crippen LogP contribution in [0, 0.1) is 5.21 Å². The molecule has 0 N–H and O–H groups in total. The summed E-state index contributed by atoms with van der Waals surface area (Å²) >= 11 is 0. The SMILES string of the molecule is C[Si](C)(C)C=C=Cc1ccccc1/C=[N+](\[O-])c1ccccc1. The van der Waals surface area contributed by atoms with Crippen LogP contribution in [0.3, 0.4) is 0 Å². The van der Waals surface area contributed by atoms with Crippen molar-refractivity contribution in [1.82, 2.24) is 0 Å². The van der Waals surface area contributed by atoms with E-state index in [1.807, 2.05) is 48.5 Å². The lowest BCUT2D eigenvalue weighted by atomic mass is 10.1. The molecule has 0 amide bonds. The summed E-state index contributed by atoms with van der Waals surface area (Å²) in [7, 11) is -1.26. The molecular formula is C19H21NOSi. The smallest absolute Gasteiger partial charge is 0.216 e. The lowest BCUT2D eigenvalue weighted by Crippen LogP contribution is -2.14. The van der Waals surface area contributed by atoms with Crippen molar-refractivity contribution in [3.8, 4) is 0 Å². The van der Waals surface area contributed by atoms with E-state index >= 15 is 0 Å². The lowest BCUT2D eigenvalue weighted by molar-refractivity contribution is -0.354. The average Bonchev–Trinajstić information content (AvgIpc) is 2.48. The summed E-state index contributed by atoms with van der Waals surface area (Å²) in [6, 6.07) is 17.1. The zero-order valence-electron chi connectivity index (χ0n) is 13.3. The molecular weight excluding hydrogens is 286 g/mol. The highest BCUT2D eigenvalue weighted by molar-refractivity contribution is 6.80. The van der Waals surface area contributed by atoms with Gasteiger partial charge in [-0.25, -0.2) is 0 Å². The standard InChI is InChI=1S/C19H21NOSi/c1-22(2,3)15-9-12-17-10-7-8-11-18(17)16-20(21)19-13-5-4-6-14-19/h4-8,10-16H,1-3H3/b20-16-. The Labute approximate surface area is 133 Å². The molecule has 2 aromatic rings. The van der Waals surface area contributed by atoms with Gasteiger partial charge in [-0.15, -0.1) is 5.73 Å². The van der Waals surface area contributed by atoms with Crippen molar-refractivity contribution in [3.63, 3.8) is 0 Å². The van der Waals surface area contributed by atoms with Crippen LogP contribution in [-0.4, -0.2) is 19.0 Å². The molecule has 22 heavy (non-hydrogen) atoms. The molecule has 0 bridgehead atoms. The second kappa shape index (κ2) is 7.08. The van der Waals surface area contributed by atoms with Crippen LogP contribution >= 0.6 is 0 Å². The van der Waals surface area contributed by atoms with Gasteiger partial charge in [-0.2, -0.15) is 4.74 Å². The van der Waals surface area contributed by atoms with Crippen molar-refractivity contribution >= 4 is 26.1 Å². The van der Waals surface area contributed by atoms with Crippen LogP contribution in [0.1, 0.15) is 11.1 Å². The van der Waals surface area contributed by atoms with Crippen LogP contribution in [0.15, 0.2) is 66.0 Å². The molecule has 0 aliphatic carbocycles. The molecule has 0 saturated carbocycles. The van der Waals surface area contributed by atoms with E-state index in [-0.39, 0.29) is 0 Å². The maximum absolute atomic E-state index is 12.2. The van der Waals surface area contributed by atoms with E-state index in [1.165, 1.54) is 0 Å². The Balaban J connectivity index is 2.35. The molecule has 0 aliphatic heterocycles. The van der Waals surface area contributed by atoms with Crippen molar-refractivity contribution in [2.24, 2.45) is 0 Å². The molecule has 0 unspecified atom stereocenters. The minimum Gasteiger partial charge on any atom is -0.618 e. The fourth-order valence-electron chi connectivity index (χ4n) is 1.92. The van der Waals surface area contributed by atoms with Gasteiger partial charge in [0.15, 0.2) is 6.21 Å². The lowest BCUT2D eigenvalue weighted by Gasteiger charge is -2.05. The molecule has 3 heteroatoms. The Morgan fingerprint density at radius 1 is 0.909 bits per heavy atom. The zero-order chi connectivity index (χ0) is 16.0. The zero-order valence-corrected chi connectivity index (χ0v) is 14.3. The van der Waals surface area contributed by atoms with E-state index in [9.17, 15) is 5.21 Å². The van der Waals surface area contributed by atoms with Crippen molar-refractivity contribution in [1.29, 1.82) is 0 Å². The minimum absolute atomic E-state index is 0.624. The normalized spacial score (nSPS) is 11.7. The summed E-state index contributed by atoms with van der Waals surface area (Å²) in [6.07, 6.45) is 3.56. The summed E-state index contributed by atoms with van der Waals surface area (Å²) in [5.41, 5.74) is 7.93. The number of benzene rings is 2. The van der Waals surface area contributed by atoms with Crippen LogP contribution in [0.25, 0.3) is 6.08 Å². The number of hydrogen-bond acceptors (Lipinski definition) is 1. The van der Waals surface area contributed by atoms with Crippen LogP contribution in [0.5, 0.6) is 0 Å². The summed E-state index contributed by atoms with van der Waals surface area (Å²) in [5, 5.41) is 12.2. The Morgan fingerprint density at radius 2 is 1.50 bits per heavy atom. The first-order valence-corrected chi connectivity index (χ1v) is 10.9. The highest BCUT2D eigenvalue weighted by Crippen LogP contribution is 2.12. The predicted molar refractivity (Wildman–Crippen MR) is 97.2 cm³/mol. The maximum atomic E-state index is 12.2. The van der Waals surface area contributed by atoms with Gasteiger partial charge in [-0.1, -0.05) is 61.7 Å². The fourth-order valence-corrected chi connectivity index (χ4v) is 2.50. The monoisotopic (exact) mass is 307 g/mol. The summed E-state index contributed by atoms with van der Waals surface area (Å²) in [6.45, 7) is 6.79. The third kappa shape index (κ3) is 4.88. The Hall–Kier alpha value is -2.35. The van der Waals surface area contributed by atoms with Crippen molar-refractivity contribution < 1.29 is 4.74 Å². The molecule has 0 aliphatic rings. The first kappa shape index (κ1) is 16.0. The van der Waals surface area contributed by atoms with Gasteiger partial charge in [0.05, 0.1) is 8.07 Å². The van der Waals surface area contributed by atoms with Gasteiger partial charge in [-0.05, 0) is 17.7 Å². The average molecular weight is 307 g/mol. The first-order chi connectivity index (χ1) is 10.5.